The lowest BCUT2D eigenvalue weighted by molar-refractivity contribution is -0.125. The lowest BCUT2D eigenvalue weighted by Gasteiger charge is -2.38. The summed E-state index contributed by atoms with van der Waals surface area (Å²) in [7, 11) is 0. The van der Waals surface area contributed by atoms with Crippen molar-refractivity contribution in [3.8, 4) is 0 Å². The van der Waals surface area contributed by atoms with E-state index < -0.39 is 0 Å². The van der Waals surface area contributed by atoms with Gasteiger partial charge < -0.3 is 0 Å². The van der Waals surface area contributed by atoms with E-state index in [-0.39, 0.29) is 11.3 Å². The van der Waals surface area contributed by atoms with Crippen LogP contribution in [0.3, 0.4) is 0 Å². The molecule has 0 aliphatic carbocycles. The minimum absolute atomic E-state index is 0.149. The Balaban J connectivity index is -0.000000187. The van der Waals surface area contributed by atoms with E-state index in [4.69, 9.17) is 0 Å². The smallest absolute Gasteiger partial charge is 0.133 e. The van der Waals surface area contributed by atoms with Gasteiger partial charge in [-0.15, -0.1) is 0 Å². The molecule has 0 saturated carbocycles. The number of carbonyl (C=O) groups is 1. The van der Waals surface area contributed by atoms with Crippen LogP contribution in [-0.4, -0.2) is 5.78 Å². The van der Waals surface area contributed by atoms with Crippen LogP contribution in [0.2, 0.25) is 0 Å². The third-order valence-corrected chi connectivity index (χ3v) is 3.91. The van der Waals surface area contributed by atoms with E-state index >= 15 is 0 Å². The Morgan fingerprint density at radius 3 is 1.50 bits per heavy atom. The van der Waals surface area contributed by atoms with E-state index in [1.54, 1.807) is 6.92 Å². The van der Waals surface area contributed by atoms with Gasteiger partial charge in [0, 0.05) is 5.92 Å². The highest BCUT2D eigenvalue weighted by atomic mass is 16.1. The average Bonchev–Trinajstić information content (AvgIpc) is 2.49. The van der Waals surface area contributed by atoms with E-state index in [1.165, 1.54) is 19.3 Å². The molecule has 0 aromatic rings. The van der Waals surface area contributed by atoms with Crippen molar-refractivity contribution in [2.75, 3.05) is 0 Å². The van der Waals surface area contributed by atoms with Gasteiger partial charge >= 0.3 is 0 Å². The molecule has 0 aromatic heterocycles. The quantitative estimate of drug-likeness (QED) is 0.507. The van der Waals surface area contributed by atoms with Crippen molar-refractivity contribution < 1.29 is 4.79 Å². The van der Waals surface area contributed by atoms with Crippen LogP contribution < -0.4 is 0 Å². The van der Waals surface area contributed by atoms with Crippen molar-refractivity contribution in [1.82, 2.24) is 0 Å². The van der Waals surface area contributed by atoms with Crippen molar-refractivity contribution in [1.29, 1.82) is 0 Å². The second kappa shape index (κ2) is 18.7. The van der Waals surface area contributed by atoms with Gasteiger partial charge in [0.1, 0.15) is 5.78 Å². The molecule has 1 heteroatoms. The molecule has 0 aromatic carbocycles. The van der Waals surface area contributed by atoms with Crippen molar-refractivity contribution in [3.05, 3.63) is 0 Å². The first-order valence-electron chi connectivity index (χ1n) is 8.88. The monoisotopic (exact) mass is 288 g/mol. The van der Waals surface area contributed by atoms with Crippen molar-refractivity contribution >= 4 is 5.78 Å². The minimum Gasteiger partial charge on any atom is -0.300 e. The van der Waals surface area contributed by atoms with Crippen molar-refractivity contribution in [2.24, 2.45) is 17.3 Å². The first kappa shape index (κ1) is 27.9. The van der Waals surface area contributed by atoms with Crippen LogP contribution in [0.5, 0.6) is 0 Å². The lowest BCUT2D eigenvalue weighted by atomic mass is 9.66. The normalized spacial score (nSPS) is 12.4. The fourth-order valence-electron chi connectivity index (χ4n) is 2.33. The molecule has 0 rings (SSSR count). The molecule has 20 heavy (non-hydrogen) atoms. The van der Waals surface area contributed by atoms with Gasteiger partial charge in [0.2, 0.25) is 0 Å². The Hall–Kier alpha value is -0.330. The second-order valence-corrected chi connectivity index (χ2v) is 5.05. The van der Waals surface area contributed by atoms with E-state index in [0.717, 1.165) is 0 Å². The molecule has 2 unspecified atom stereocenters. The zero-order valence-corrected chi connectivity index (χ0v) is 16.7. The summed E-state index contributed by atoms with van der Waals surface area (Å²) < 4.78 is 0. The van der Waals surface area contributed by atoms with Gasteiger partial charge in [-0.1, -0.05) is 95.4 Å². The lowest BCUT2D eigenvalue weighted by Crippen LogP contribution is -2.34. The zero-order valence-electron chi connectivity index (χ0n) is 16.7. The minimum atomic E-state index is 0.149. The third kappa shape index (κ3) is 11.5. The van der Waals surface area contributed by atoms with E-state index in [1.807, 2.05) is 41.5 Å². The highest BCUT2D eigenvalue weighted by Gasteiger charge is 2.35. The molecule has 1 nitrogen and oxygen atoms in total. The van der Waals surface area contributed by atoms with E-state index in [2.05, 4.69) is 34.6 Å². The van der Waals surface area contributed by atoms with E-state index in [0.29, 0.717) is 11.7 Å². The second-order valence-electron chi connectivity index (χ2n) is 5.05. The summed E-state index contributed by atoms with van der Waals surface area (Å²) in [5.74, 6) is 1.18. The predicted molar refractivity (Wildman–Crippen MR) is 96.4 cm³/mol. The number of rotatable bonds is 6. The van der Waals surface area contributed by atoms with Crippen LogP contribution in [0.15, 0.2) is 0 Å². The van der Waals surface area contributed by atoms with Gasteiger partial charge in [0.25, 0.3) is 0 Å². The fraction of sp³-hybridized carbons (Fsp3) is 0.947. The summed E-state index contributed by atoms with van der Waals surface area (Å²) in [6.07, 6.45) is 3.63. The first-order chi connectivity index (χ1) is 9.37. The largest absolute Gasteiger partial charge is 0.300 e. The van der Waals surface area contributed by atoms with Gasteiger partial charge in [0.05, 0.1) is 0 Å². The van der Waals surface area contributed by atoms with Crippen LogP contribution in [-0.2, 0) is 4.79 Å². The number of carbonyl (C=O) groups excluding carboxylic acids is 1. The fourth-order valence-corrected chi connectivity index (χ4v) is 2.33. The van der Waals surface area contributed by atoms with Crippen LogP contribution in [0.25, 0.3) is 0 Å². The predicted octanol–water partition coefficient (Wildman–Crippen LogP) is 7.14. The summed E-state index contributed by atoms with van der Waals surface area (Å²) in [6.45, 7) is 24.7. The number of Topliss-reactive ketones (excluding diaryl/α,β-unsaturated/α-hetero) is 1. The molecular formula is C19H44O. The van der Waals surface area contributed by atoms with Gasteiger partial charge in [-0.25, -0.2) is 0 Å². The molecule has 0 heterocycles. The molecule has 0 fully saturated rings. The maximum Gasteiger partial charge on any atom is 0.133 e. The molecule has 0 spiro atoms. The standard InChI is InChI=1S/C13H26O.3C2H6/c1-7-9-12(8-2)13(5,6)10(3)11(4)14;3*1-2/h10,12H,7-9H2,1-6H3;3*1-2H3. The first-order valence-corrected chi connectivity index (χ1v) is 8.88. The molecule has 0 aliphatic rings. The molecule has 126 valence electrons. The van der Waals surface area contributed by atoms with Crippen LogP contribution in [0, 0.1) is 17.3 Å². The highest BCUT2D eigenvalue weighted by molar-refractivity contribution is 5.78. The van der Waals surface area contributed by atoms with Gasteiger partial charge in [-0.05, 0) is 18.3 Å². The topological polar surface area (TPSA) is 17.1 Å². The number of ketones is 1. The van der Waals surface area contributed by atoms with Crippen molar-refractivity contribution in [3.63, 3.8) is 0 Å². The summed E-state index contributed by atoms with van der Waals surface area (Å²) in [5, 5.41) is 0. The van der Waals surface area contributed by atoms with Gasteiger partial charge in [0.15, 0.2) is 0 Å². The summed E-state index contributed by atoms with van der Waals surface area (Å²) >= 11 is 0. The molecule has 0 amide bonds. The molecule has 0 bridgehead atoms. The summed E-state index contributed by atoms with van der Waals surface area (Å²) in [4.78, 5) is 11.4. The number of hydrogen-bond acceptors (Lipinski definition) is 1. The third-order valence-electron chi connectivity index (χ3n) is 3.91. The zero-order chi connectivity index (χ0) is 17.4. The molecule has 0 saturated heterocycles. The van der Waals surface area contributed by atoms with Crippen LogP contribution >= 0.6 is 0 Å². The maximum atomic E-state index is 11.4. The highest BCUT2D eigenvalue weighted by Crippen LogP contribution is 2.40. The average molecular weight is 289 g/mol. The van der Waals surface area contributed by atoms with Gasteiger partial charge in [-0.3, -0.25) is 4.79 Å². The van der Waals surface area contributed by atoms with Crippen LogP contribution in [0.1, 0.15) is 102 Å². The maximum absolute atomic E-state index is 11.4. The molecular weight excluding hydrogens is 244 g/mol. The SMILES string of the molecule is CC.CC.CC.CCCC(CC)C(C)(C)C(C)C(C)=O. The molecule has 0 radical (unpaired) electrons. The number of hydrogen-bond donors (Lipinski definition) is 0. The molecule has 2 atom stereocenters. The molecule has 0 aliphatic heterocycles. The van der Waals surface area contributed by atoms with E-state index in [9.17, 15) is 4.79 Å². The van der Waals surface area contributed by atoms with Crippen molar-refractivity contribution in [2.45, 2.75) is 102 Å². The Kier molecular flexibility index (Phi) is 26.1. The summed E-state index contributed by atoms with van der Waals surface area (Å²) in [5.41, 5.74) is 0.149. The molecule has 0 N–H and O–H groups in total. The Morgan fingerprint density at radius 2 is 1.30 bits per heavy atom. The Morgan fingerprint density at radius 1 is 0.950 bits per heavy atom. The Labute approximate surface area is 130 Å². The summed E-state index contributed by atoms with van der Waals surface area (Å²) in [6, 6.07) is 0. The van der Waals surface area contributed by atoms with Gasteiger partial charge in [-0.2, -0.15) is 0 Å². The Bertz CT molecular complexity index is 182. The van der Waals surface area contributed by atoms with Crippen LogP contribution in [0.4, 0.5) is 0 Å².